The molecule has 1 N–H and O–H groups in total. The number of fused-ring (bicyclic) bond motifs is 1. The molecule has 1 aromatic heterocycles. The van der Waals surface area contributed by atoms with Crippen molar-refractivity contribution in [3.8, 4) is 0 Å². The molecule has 0 bridgehead atoms. The number of furan rings is 1. The second kappa shape index (κ2) is 4.48. The summed E-state index contributed by atoms with van der Waals surface area (Å²) in [5.41, 5.74) is 1.74. The zero-order chi connectivity index (χ0) is 11.6. The van der Waals surface area contributed by atoms with Gasteiger partial charge in [0.25, 0.3) is 0 Å². The minimum absolute atomic E-state index is 0.308. The van der Waals surface area contributed by atoms with Gasteiger partial charge in [-0.2, -0.15) is 8.42 Å². The first-order valence-corrected chi connectivity index (χ1v) is 7.57. The quantitative estimate of drug-likeness (QED) is 0.674. The van der Waals surface area contributed by atoms with E-state index in [1.165, 1.54) is 0 Å². The summed E-state index contributed by atoms with van der Waals surface area (Å²) in [6.07, 6.45) is 2.16. The van der Waals surface area contributed by atoms with Crippen LogP contribution in [-0.4, -0.2) is 18.7 Å². The molecule has 86 valence electrons. The first kappa shape index (κ1) is 11.5. The van der Waals surface area contributed by atoms with Crippen LogP contribution in [0.4, 0.5) is 0 Å². The summed E-state index contributed by atoms with van der Waals surface area (Å²) < 4.78 is 34.9. The van der Waals surface area contributed by atoms with E-state index < -0.39 is 9.15 Å². The van der Waals surface area contributed by atoms with Gasteiger partial charge in [-0.05, 0) is 28.8 Å². The standard InChI is InChI=1S/C10H10O4S2/c11-16(12,13)15-6-5-8-7-14-10-4-2-1-3-9(8)10/h1-4,7H,5-6H2,(H,11,12,13). The highest BCUT2D eigenvalue weighted by atomic mass is 33.1. The van der Waals surface area contributed by atoms with Gasteiger partial charge in [0.1, 0.15) is 5.58 Å². The molecule has 6 heteroatoms. The lowest BCUT2D eigenvalue weighted by Gasteiger charge is -1.96. The Balaban J connectivity index is 2.10. The molecule has 0 aliphatic heterocycles. The molecule has 16 heavy (non-hydrogen) atoms. The predicted molar refractivity (Wildman–Crippen MR) is 63.9 cm³/mol. The molecule has 0 saturated carbocycles. The average Bonchev–Trinajstić information content (AvgIpc) is 2.60. The average molecular weight is 258 g/mol. The SMILES string of the molecule is O=S(=O)(O)SCCc1coc2ccccc12. The highest BCUT2D eigenvalue weighted by Crippen LogP contribution is 2.22. The Hall–Kier alpha value is -0.980. The Bertz CT molecular complexity index is 586. The van der Waals surface area contributed by atoms with Gasteiger partial charge in [-0.1, -0.05) is 18.2 Å². The third-order valence-corrected chi connectivity index (χ3v) is 4.23. The van der Waals surface area contributed by atoms with Crippen molar-refractivity contribution in [2.24, 2.45) is 0 Å². The molecule has 0 atom stereocenters. The van der Waals surface area contributed by atoms with E-state index in [1.807, 2.05) is 24.3 Å². The lowest BCUT2D eigenvalue weighted by molar-refractivity contribution is 0.503. The van der Waals surface area contributed by atoms with Crippen molar-refractivity contribution >= 4 is 30.9 Å². The van der Waals surface area contributed by atoms with E-state index in [0.717, 1.165) is 16.5 Å². The van der Waals surface area contributed by atoms with Crippen molar-refractivity contribution in [3.63, 3.8) is 0 Å². The van der Waals surface area contributed by atoms with Crippen LogP contribution in [0.3, 0.4) is 0 Å². The largest absolute Gasteiger partial charge is 0.464 e. The Kier molecular flexibility index (Phi) is 3.22. The number of para-hydroxylation sites is 1. The summed E-state index contributed by atoms with van der Waals surface area (Å²) in [5.74, 6) is 0.308. The summed E-state index contributed by atoms with van der Waals surface area (Å²) in [6, 6.07) is 7.56. The van der Waals surface area contributed by atoms with Crippen LogP contribution in [0, 0.1) is 0 Å². The maximum Gasteiger partial charge on any atom is 0.319 e. The normalized spacial score (nSPS) is 12.1. The summed E-state index contributed by atoms with van der Waals surface area (Å²) in [4.78, 5) is 0. The number of hydrogen-bond donors (Lipinski definition) is 1. The molecule has 0 aliphatic rings. The molecule has 0 unspecified atom stereocenters. The molecule has 2 aromatic rings. The van der Waals surface area contributed by atoms with Gasteiger partial charge in [-0.3, -0.25) is 4.55 Å². The number of hydrogen-bond acceptors (Lipinski definition) is 4. The lowest BCUT2D eigenvalue weighted by atomic mass is 10.1. The van der Waals surface area contributed by atoms with Gasteiger partial charge in [0.2, 0.25) is 0 Å². The maximum atomic E-state index is 10.5. The highest BCUT2D eigenvalue weighted by molar-refractivity contribution is 8.69. The van der Waals surface area contributed by atoms with E-state index in [2.05, 4.69) is 0 Å². The molecule has 0 aliphatic carbocycles. The summed E-state index contributed by atoms with van der Waals surface area (Å²) in [6.45, 7) is 0. The van der Waals surface area contributed by atoms with E-state index >= 15 is 0 Å². The predicted octanol–water partition coefficient (Wildman–Crippen LogP) is 2.51. The Morgan fingerprint density at radius 1 is 1.31 bits per heavy atom. The zero-order valence-electron chi connectivity index (χ0n) is 8.29. The molecule has 1 aromatic carbocycles. The number of benzene rings is 1. The van der Waals surface area contributed by atoms with Gasteiger partial charge in [0, 0.05) is 11.1 Å². The van der Waals surface area contributed by atoms with Gasteiger partial charge in [-0.15, -0.1) is 0 Å². The molecular formula is C10H10O4S2. The van der Waals surface area contributed by atoms with E-state index in [9.17, 15) is 8.42 Å². The van der Waals surface area contributed by atoms with Crippen LogP contribution in [0.5, 0.6) is 0 Å². The van der Waals surface area contributed by atoms with Crippen molar-refractivity contribution < 1.29 is 17.4 Å². The Labute approximate surface area is 96.8 Å². The van der Waals surface area contributed by atoms with Gasteiger partial charge >= 0.3 is 9.15 Å². The van der Waals surface area contributed by atoms with Crippen molar-refractivity contribution in [1.82, 2.24) is 0 Å². The minimum Gasteiger partial charge on any atom is -0.464 e. The number of rotatable bonds is 4. The van der Waals surface area contributed by atoms with E-state index in [0.29, 0.717) is 23.0 Å². The first-order valence-electron chi connectivity index (χ1n) is 4.63. The van der Waals surface area contributed by atoms with E-state index in [-0.39, 0.29) is 0 Å². The minimum atomic E-state index is -3.94. The van der Waals surface area contributed by atoms with Crippen molar-refractivity contribution in [3.05, 3.63) is 36.1 Å². The summed E-state index contributed by atoms with van der Waals surface area (Å²) in [5, 5.41) is 0.985. The Morgan fingerprint density at radius 3 is 2.81 bits per heavy atom. The van der Waals surface area contributed by atoms with Crippen LogP contribution in [0.2, 0.25) is 0 Å². The third kappa shape index (κ3) is 2.78. The van der Waals surface area contributed by atoms with Crippen LogP contribution >= 0.6 is 10.8 Å². The molecule has 4 nitrogen and oxygen atoms in total. The second-order valence-electron chi connectivity index (χ2n) is 3.26. The lowest BCUT2D eigenvalue weighted by Crippen LogP contribution is -1.94. The molecule has 0 fully saturated rings. The smallest absolute Gasteiger partial charge is 0.319 e. The second-order valence-corrected chi connectivity index (χ2v) is 6.73. The van der Waals surface area contributed by atoms with Crippen LogP contribution in [0.25, 0.3) is 11.0 Å². The van der Waals surface area contributed by atoms with Gasteiger partial charge in [0.15, 0.2) is 0 Å². The fourth-order valence-corrected chi connectivity index (χ4v) is 2.88. The van der Waals surface area contributed by atoms with Crippen molar-refractivity contribution in [1.29, 1.82) is 0 Å². The first-order chi connectivity index (χ1) is 7.56. The summed E-state index contributed by atoms with van der Waals surface area (Å²) >= 11 is 0. The fraction of sp³-hybridized carbons (Fsp3) is 0.200. The van der Waals surface area contributed by atoms with Crippen LogP contribution < -0.4 is 0 Å². The van der Waals surface area contributed by atoms with Crippen LogP contribution in [-0.2, 0) is 15.6 Å². The van der Waals surface area contributed by atoms with Crippen molar-refractivity contribution in [2.75, 3.05) is 5.75 Å². The third-order valence-electron chi connectivity index (χ3n) is 2.16. The molecule has 1 heterocycles. The molecule has 0 saturated heterocycles. The molecule has 0 spiro atoms. The molecular weight excluding hydrogens is 248 g/mol. The topological polar surface area (TPSA) is 67.5 Å². The zero-order valence-corrected chi connectivity index (χ0v) is 9.92. The number of aryl methyl sites for hydroxylation is 1. The van der Waals surface area contributed by atoms with E-state index in [1.54, 1.807) is 6.26 Å². The maximum absolute atomic E-state index is 10.5. The van der Waals surface area contributed by atoms with Crippen molar-refractivity contribution in [2.45, 2.75) is 6.42 Å². The fourth-order valence-electron chi connectivity index (χ4n) is 1.48. The molecule has 0 radical (unpaired) electrons. The van der Waals surface area contributed by atoms with Gasteiger partial charge in [-0.25, -0.2) is 0 Å². The Morgan fingerprint density at radius 2 is 2.06 bits per heavy atom. The van der Waals surface area contributed by atoms with E-state index in [4.69, 9.17) is 8.97 Å². The van der Waals surface area contributed by atoms with Gasteiger partial charge < -0.3 is 4.42 Å². The summed E-state index contributed by atoms with van der Waals surface area (Å²) in [7, 11) is -3.42. The molecule has 0 amide bonds. The van der Waals surface area contributed by atoms with Crippen LogP contribution in [0.15, 0.2) is 34.9 Å². The monoisotopic (exact) mass is 258 g/mol. The van der Waals surface area contributed by atoms with Gasteiger partial charge in [0.05, 0.1) is 6.26 Å². The molecule has 2 rings (SSSR count). The van der Waals surface area contributed by atoms with Crippen LogP contribution in [0.1, 0.15) is 5.56 Å². The highest BCUT2D eigenvalue weighted by Gasteiger charge is 2.08.